The van der Waals surface area contributed by atoms with Gasteiger partial charge in [0.15, 0.2) is 11.6 Å². The van der Waals surface area contributed by atoms with Crippen molar-refractivity contribution >= 4 is 11.6 Å². The molecule has 54 heavy (non-hydrogen) atoms. The molecule has 1 aromatic heterocycles. The second-order valence-corrected chi connectivity index (χ2v) is 12.9. The summed E-state index contributed by atoms with van der Waals surface area (Å²) < 4.78 is 20.8. The van der Waals surface area contributed by atoms with Gasteiger partial charge in [-0.15, -0.1) is 0 Å². The lowest BCUT2D eigenvalue weighted by atomic mass is 9.84. The number of aromatic nitrogens is 2. The Balaban J connectivity index is 0.000000197. The first kappa shape index (κ1) is 35.4. The third-order valence-corrected chi connectivity index (χ3v) is 9.83. The average Bonchev–Trinajstić information content (AvgIpc) is 3.66. The number of nitriles is 1. The zero-order chi connectivity index (χ0) is 37.7. The summed E-state index contributed by atoms with van der Waals surface area (Å²) in [7, 11) is 1.43. The van der Waals surface area contributed by atoms with Gasteiger partial charge in [-0.1, -0.05) is 116 Å². The summed E-state index contributed by atoms with van der Waals surface area (Å²) >= 11 is 0. The summed E-state index contributed by atoms with van der Waals surface area (Å²) in [5.41, 5.74) is 15.1. The van der Waals surface area contributed by atoms with E-state index < -0.39 is 17.8 Å². The highest BCUT2D eigenvalue weighted by Gasteiger charge is 2.52. The number of nitrogens with two attached hydrogens (primary N) is 1. The number of hydrogen-bond acceptors (Lipinski definition) is 5. The van der Waals surface area contributed by atoms with Gasteiger partial charge in [-0.2, -0.15) is 5.26 Å². The number of anilines is 1. The summed E-state index contributed by atoms with van der Waals surface area (Å²) in [4.78, 5) is 19.7. The molecule has 7 nitrogen and oxygen atoms in total. The Labute approximate surface area is 313 Å². The van der Waals surface area contributed by atoms with Gasteiger partial charge in [0.05, 0.1) is 36.0 Å². The zero-order valence-corrected chi connectivity index (χ0v) is 29.9. The van der Waals surface area contributed by atoms with Crippen LogP contribution in [0.5, 0.6) is 5.75 Å². The standard InChI is InChI=1S/C27H24FN5O2.C19H14/c1-3-16-12-21(24(28)23(13-16)35-2)25(32-18-10-8-17(14-29)9-11-18)27-31-15-22(33-27)19-6-4-5-7-20(19)26(30)34;1-3-9-15(10-4-1)19(16-11-5-2-6-12-16)17-13-7-8-14-18(17)19/h4-13,15,25,32H,3H2,1-2H3,(H2,30,34)(H,31,33);1-14H. The number of amides is 1. The molecule has 1 aliphatic rings. The number of nitrogens with zero attached hydrogens (tertiary/aromatic N) is 2. The van der Waals surface area contributed by atoms with Crippen LogP contribution in [-0.2, 0) is 11.8 Å². The number of hydrogen-bond donors (Lipinski definition) is 3. The normalized spacial score (nSPS) is 12.6. The van der Waals surface area contributed by atoms with E-state index in [0.29, 0.717) is 45.9 Å². The molecule has 0 saturated heterocycles. The number of benzene rings is 6. The highest BCUT2D eigenvalue weighted by molar-refractivity contribution is 5.99. The largest absolute Gasteiger partial charge is 0.494 e. The van der Waals surface area contributed by atoms with E-state index in [0.717, 1.165) is 5.56 Å². The monoisotopic (exact) mass is 711 g/mol. The molecule has 0 fully saturated rings. The van der Waals surface area contributed by atoms with E-state index in [1.54, 1.807) is 66.9 Å². The molecule has 1 heterocycles. The Morgan fingerprint density at radius 1 is 0.870 bits per heavy atom. The highest BCUT2D eigenvalue weighted by Crippen LogP contribution is 2.58. The number of ether oxygens (including phenoxy) is 1. The minimum Gasteiger partial charge on any atom is -0.494 e. The number of imidazole rings is 1. The molecule has 0 spiro atoms. The number of halogens is 1. The van der Waals surface area contributed by atoms with Crippen molar-refractivity contribution in [3.8, 4) is 23.1 Å². The third-order valence-electron chi connectivity index (χ3n) is 9.83. The topological polar surface area (TPSA) is 117 Å². The summed E-state index contributed by atoms with van der Waals surface area (Å²) in [6.07, 6.45) is 2.27. The van der Waals surface area contributed by atoms with Crippen molar-refractivity contribution in [2.45, 2.75) is 24.8 Å². The molecule has 4 N–H and O–H groups in total. The minimum atomic E-state index is -0.724. The quantitative estimate of drug-likeness (QED) is 0.131. The zero-order valence-electron chi connectivity index (χ0n) is 29.9. The van der Waals surface area contributed by atoms with Crippen molar-refractivity contribution in [1.29, 1.82) is 5.26 Å². The number of aryl methyl sites for hydroxylation is 1. The molecule has 1 aliphatic carbocycles. The van der Waals surface area contributed by atoms with Gasteiger partial charge in [0.2, 0.25) is 5.91 Å². The van der Waals surface area contributed by atoms with Crippen LogP contribution in [0, 0.1) is 17.1 Å². The molecule has 1 unspecified atom stereocenters. The maximum atomic E-state index is 15.5. The van der Waals surface area contributed by atoms with Gasteiger partial charge in [-0.25, -0.2) is 9.37 Å². The van der Waals surface area contributed by atoms with Crippen molar-refractivity contribution in [2.75, 3.05) is 12.4 Å². The number of carbonyl (C=O) groups excluding carboxylic acids is 1. The lowest BCUT2D eigenvalue weighted by Gasteiger charge is -2.21. The van der Waals surface area contributed by atoms with Crippen molar-refractivity contribution < 1.29 is 13.9 Å². The van der Waals surface area contributed by atoms with E-state index in [4.69, 9.17) is 15.7 Å². The molecular formula is C46H38FN5O2. The number of rotatable bonds is 10. The highest BCUT2D eigenvalue weighted by atomic mass is 19.1. The van der Waals surface area contributed by atoms with E-state index in [-0.39, 0.29) is 11.2 Å². The number of primary amides is 1. The van der Waals surface area contributed by atoms with Crippen LogP contribution in [0.1, 0.15) is 68.1 Å². The summed E-state index contributed by atoms with van der Waals surface area (Å²) in [5, 5.41) is 12.4. The number of nitrogens with one attached hydrogen (secondary N) is 2. The van der Waals surface area contributed by atoms with Gasteiger partial charge in [0.25, 0.3) is 0 Å². The van der Waals surface area contributed by atoms with E-state index in [9.17, 15) is 4.79 Å². The van der Waals surface area contributed by atoms with Gasteiger partial charge in [0.1, 0.15) is 11.9 Å². The molecular weight excluding hydrogens is 674 g/mol. The van der Waals surface area contributed by atoms with Crippen molar-refractivity contribution in [1.82, 2.24) is 9.97 Å². The molecule has 6 aromatic carbocycles. The van der Waals surface area contributed by atoms with Crippen LogP contribution >= 0.6 is 0 Å². The number of carbonyl (C=O) groups is 1. The van der Waals surface area contributed by atoms with Gasteiger partial charge in [-0.05, 0) is 70.6 Å². The van der Waals surface area contributed by atoms with Crippen LogP contribution in [0.2, 0.25) is 0 Å². The molecule has 266 valence electrons. The van der Waals surface area contributed by atoms with E-state index in [2.05, 4.69) is 106 Å². The molecule has 8 heteroatoms. The fourth-order valence-electron chi connectivity index (χ4n) is 7.11. The van der Waals surface area contributed by atoms with Crippen LogP contribution in [0.25, 0.3) is 11.3 Å². The van der Waals surface area contributed by atoms with Crippen LogP contribution in [0.4, 0.5) is 10.1 Å². The first-order chi connectivity index (χ1) is 26.4. The van der Waals surface area contributed by atoms with Crippen LogP contribution in [0.3, 0.4) is 0 Å². The van der Waals surface area contributed by atoms with Crippen LogP contribution in [0.15, 0.2) is 152 Å². The Morgan fingerprint density at radius 2 is 1.46 bits per heavy atom. The predicted molar refractivity (Wildman–Crippen MR) is 210 cm³/mol. The summed E-state index contributed by atoms with van der Waals surface area (Å²) in [6, 6.07) is 48.9. The van der Waals surface area contributed by atoms with E-state index in [1.807, 2.05) is 6.92 Å². The number of aromatic amines is 1. The first-order valence-electron chi connectivity index (χ1n) is 17.7. The number of methoxy groups -OCH3 is 1. The van der Waals surface area contributed by atoms with Gasteiger partial charge >= 0.3 is 0 Å². The summed E-state index contributed by atoms with van der Waals surface area (Å²) in [6.45, 7) is 1.98. The first-order valence-corrected chi connectivity index (χ1v) is 17.7. The van der Waals surface area contributed by atoms with E-state index >= 15 is 4.39 Å². The molecule has 1 amide bonds. The Hall–Kier alpha value is -6.98. The Kier molecular flexibility index (Phi) is 10.1. The maximum Gasteiger partial charge on any atom is 0.249 e. The molecule has 0 saturated carbocycles. The van der Waals surface area contributed by atoms with Gasteiger partial charge in [0, 0.05) is 22.4 Å². The van der Waals surface area contributed by atoms with Crippen molar-refractivity contribution in [3.63, 3.8) is 0 Å². The average molecular weight is 712 g/mol. The molecule has 0 bridgehead atoms. The van der Waals surface area contributed by atoms with Gasteiger partial charge < -0.3 is 20.8 Å². The Bertz CT molecular complexity index is 2390. The molecule has 0 aliphatic heterocycles. The maximum absolute atomic E-state index is 15.5. The molecule has 8 rings (SSSR count). The summed E-state index contributed by atoms with van der Waals surface area (Å²) in [5.74, 6) is -0.503. The lowest BCUT2D eigenvalue weighted by Crippen LogP contribution is -2.17. The van der Waals surface area contributed by atoms with Crippen molar-refractivity contribution in [2.24, 2.45) is 5.73 Å². The van der Waals surface area contributed by atoms with Crippen LogP contribution < -0.4 is 15.8 Å². The minimum absolute atomic E-state index is 0.00792. The van der Waals surface area contributed by atoms with Crippen molar-refractivity contribution in [3.05, 3.63) is 208 Å². The molecule has 1 atom stereocenters. The SMILES string of the molecule is CCc1cc(OC)c(F)c(C(Nc2ccc(C#N)cc2)c2ncc(-c3ccccc3C(N)=O)[nH]2)c1.c1ccc(C2(c3ccccc3)c3ccccc32)cc1. The second kappa shape index (κ2) is 15.3. The van der Waals surface area contributed by atoms with E-state index in [1.165, 1.54) is 29.4 Å². The smallest absolute Gasteiger partial charge is 0.249 e. The molecule has 0 radical (unpaired) electrons. The van der Waals surface area contributed by atoms with Gasteiger partial charge in [-0.3, -0.25) is 4.79 Å². The predicted octanol–water partition coefficient (Wildman–Crippen LogP) is 9.34. The lowest BCUT2D eigenvalue weighted by molar-refractivity contribution is 0.100. The Morgan fingerprint density at radius 3 is 2.04 bits per heavy atom. The fourth-order valence-corrected chi connectivity index (χ4v) is 7.11. The number of H-pyrrole nitrogens is 1. The second-order valence-electron chi connectivity index (χ2n) is 12.9. The third kappa shape index (κ3) is 6.71. The molecule has 7 aromatic rings. The van der Waals surface area contributed by atoms with Crippen LogP contribution in [-0.4, -0.2) is 23.0 Å². The fraction of sp³-hybridized carbons (Fsp3) is 0.109. The number of fused-ring (bicyclic) bond motifs is 1.